The summed E-state index contributed by atoms with van der Waals surface area (Å²) in [5, 5.41) is 12.0. The molecular weight excluding hydrogens is 195 g/mol. The molecule has 0 aliphatic heterocycles. The van der Waals surface area contributed by atoms with Crippen molar-refractivity contribution in [2.75, 3.05) is 0 Å². The fourth-order valence-electron chi connectivity index (χ4n) is 0. The fourth-order valence-corrected chi connectivity index (χ4v) is 0. The van der Waals surface area contributed by atoms with E-state index in [9.17, 15) is 0 Å². The predicted molar refractivity (Wildman–Crippen MR) is 51.3 cm³/mol. The zero-order valence-electron chi connectivity index (χ0n) is 9.89. The van der Waals surface area contributed by atoms with Crippen molar-refractivity contribution in [2.24, 2.45) is 0 Å². The van der Waals surface area contributed by atoms with Gasteiger partial charge in [-0.05, 0) is 0 Å². The first-order chi connectivity index (χ1) is 4.25. The summed E-state index contributed by atoms with van der Waals surface area (Å²) in [5.41, 5.74) is 0. The van der Waals surface area contributed by atoms with Gasteiger partial charge in [0, 0.05) is 26.0 Å². The first-order valence-electron chi connectivity index (χ1n) is 3.45. The van der Waals surface area contributed by atoms with Crippen LogP contribution in [-0.4, -0.2) is 15.2 Å². The molecule has 0 saturated carbocycles. The van der Waals surface area contributed by atoms with Gasteiger partial charge < -0.3 is 1.43 Å². The van der Waals surface area contributed by atoms with Gasteiger partial charge in [0.1, 0.15) is 0 Å². The second-order valence-corrected chi connectivity index (χ2v) is 22.5. The van der Waals surface area contributed by atoms with E-state index in [0.29, 0.717) is 0 Å². The van der Waals surface area contributed by atoms with Crippen molar-refractivity contribution in [3.8, 4) is 0 Å². The molecule has 5 heteroatoms. The van der Waals surface area contributed by atoms with Gasteiger partial charge in [-0.3, -0.25) is 0 Å². The molecule has 0 saturated heterocycles. The van der Waals surface area contributed by atoms with Gasteiger partial charge in [0.15, 0.2) is 0 Å². The maximum absolute atomic E-state index is 6.00. The van der Waals surface area contributed by atoms with Crippen LogP contribution in [0.5, 0.6) is 0 Å². The Morgan fingerprint density at radius 1 is 0.727 bits per heavy atom. The molecule has 0 aliphatic rings. The van der Waals surface area contributed by atoms with Crippen molar-refractivity contribution in [1.29, 1.82) is 10.8 Å². The quantitative estimate of drug-likeness (QED) is 0.452. The minimum absolute atomic E-state index is 0. The van der Waals surface area contributed by atoms with Gasteiger partial charge in [-0.25, -0.2) is 0 Å². The molecule has 0 fully saturated rings. The molecule has 0 N–H and O–H groups in total. The van der Waals surface area contributed by atoms with Crippen LogP contribution in [0.4, 0.5) is 0 Å². The Morgan fingerprint density at radius 3 is 0.818 bits per heavy atom. The maximum atomic E-state index is 6.00. The molecule has 0 aliphatic carbocycles. The summed E-state index contributed by atoms with van der Waals surface area (Å²) in [4.78, 5) is 0. The molecule has 0 aromatic rings. The summed E-state index contributed by atoms with van der Waals surface area (Å²) >= 11 is 0. The summed E-state index contributed by atoms with van der Waals surface area (Å²) in [6.45, 7) is 14.8. The van der Waals surface area contributed by atoms with E-state index in [1.165, 1.54) is 0 Å². The van der Waals surface area contributed by atoms with Gasteiger partial charge in [-0.2, -0.15) is 0 Å². The van der Waals surface area contributed by atoms with Gasteiger partial charge >= 0.3 is 51.4 Å². The summed E-state index contributed by atoms with van der Waals surface area (Å²) in [7, 11) is -1.44. The molecule has 0 aromatic heterocycles. The third-order valence-corrected chi connectivity index (χ3v) is 20.2. The smallest absolute Gasteiger partial charge is 1.00 e. The van der Waals surface area contributed by atoms with Crippen LogP contribution < -0.4 is 51.4 Å². The topological polar surface area (TPSA) is 47.6 Å². The summed E-state index contributed by atoms with van der Waals surface area (Å²) < 4.78 is 0. The van der Waals surface area contributed by atoms with Crippen molar-refractivity contribution >= 4 is 15.2 Å². The van der Waals surface area contributed by atoms with E-state index >= 15 is 0 Å². The van der Waals surface area contributed by atoms with Crippen LogP contribution in [0.2, 0.25) is 39.3 Å². The first-order valence-corrected chi connectivity index (χ1v) is 11.4. The van der Waals surface area contributed by atoms with Crippen molar-refractivity contribution < 1.29 is 52.8 Å². The number of nitrogens with zero attached hydrogens (tertiary/aromatic N) is 2. The van der Waals surface area contributed by atoms with E-state index in [2.05, 4.69) is 39.3 Å². The van der Waals surface area contributed by atoms with Crippen molar-refractivity contribution in [2.45, 2.75) is 39.3 Å². The monoisotopic (exact) mass is 214 g/mol. The molecule has 0 atom stereocenters. The molecule has 2 nitrogen and oxygen atoms in total. The third kappa shape index (κ3) is 9.40. The normalized spacial score (nSPS) is 10.5. The summed E-state index contributed by atoms with van der Waals surface area (Å²) in [6.07, 6.45) is 0. The van der Waals surface area contributed by atoms with E-state index in [1.807, 2.05) is 0 Å². The second-order valence-electron chi connectivity index (χ2n) is 4.50. The average molecular weight is 215 g/mol. The molecule has 11 heavy (non-hydrogen) atoms. The Bertz CT molecular complexity index is 105. The maximum Gasteiger partial charge on any atom is 1.00 e. The largest absolute Gasteiger partial charge is 1.00 e. The fraction of sp³-hybridized carbons (Fsp3) is 1.00. The molecule has 0 spiro atoms. The third-order valence-electron chi connectivity index (χ3n) is 2.25. The van der Waals surface area contributed by atoms with Crippen LogP contribution in [0.3, 0.4) is 0 Å². The Morgan fingerprint density at radius 2 is 0.818 bits per heavy atom. The summed E-state index contributed by atoms with van der Waals surface area (Å²) in [5.74, 6) is 0. The SMILES string of the molecule is C[Si](C)(C)[Si](C)(C)C.N#N.[H-].[K+]. The van der Waals surface area contributed by atoms with Crippen LogP contribution in [0.1, 0.15) is 1.43 Å². The van der Waals surface area contributed by atoms with E-state index in [0.717, 1.165) is 0 Å². The van der Waals surface area contributed by atoms with Gasteiger partial charge in [0.05, 0.1) is 0 Å². The van der Waals surface area contributed by atoms with Gasteiger partial charge in [0.25, 0.3) is 0 Å². The van der Waals surface area contributed by atoms with Crippen molar-refractivity contribution in [3.63, 3.8) is 0 Å². The molecule has 0 rings (SSSR count). The van der Waals surface area contributed by atoms with Crippen LogP contribution >= 0.6 is 0 Å². The van der Waals surface area contributed by atoms with Crippen LogP contribution in [0.15, 0.2) is 0 Å². The van der Waals surface area contributed by atoms with E-state index < -0.39 is 15.2 Å². The number of hydrogen-bond acceptors (Lipinski definition) is 2. The second kappa shape index (κ2) is 6.95. The molecule has 0 heterocycles. The minimum atomic E-state index is -0.720. The van der Waals surface area contributed by atoms with Crippen LogP contribution in [0, 0.1) is 10.8 Å². The number of rotatable bonds is 1. The van der Waals surface area contributed by atoms with E-state index in [-0.39, 0.29) is 52.8 Å². The van der Waals surface area contributed by atoms with E-state index in [1.54, 1.807) is 0 Å². The van der Waals surface area contributed by atoms with Crippen LogP contribution in [-0.2, 0) is 0 Å². The zero-order chi connectivity index (χ0) is 9.00. The van der Waals surface area contributed by atoms with Gasteiger partial charge in [-0.15, -0.1) is 0 Å². The molecular formula is C6H19KN2Si2. The predicted octanol–water partition coefficient (Wildman–Crippen LogP) is -0.112. The Hall–Kier alpha value is 1.49. The Labute approximate surface area is 116 Å². The van der Waals surface area contributed by atoms with Gasteiger partial charge in [-0.1, -0.05) is 39.3 Å². The van der Waals surface area contributed by atoms with E-state index in [4.69, 9.17) is 10.8 Å². The Kier molecular flexibility index (Phi) is 11.6. The molecule has 0 bridgehead atoms. The average Bonchev–Trinajstić information content (AvgIpc) is 1.66. The minimum Gasteiger partial charge on any atom is -1.00 e. The molecule has 0 radical (unpaired) electrons. The van der Waals surface area contributed by atoms with Crippen molar-refractivity contribution in [3.05, 3.63) is 0 Å². The number of hydrogen-bond donors (Lipinski definition) is 0. The molecule has 62 valence electrons. The summed E-state index contributed by atoms with van der Waals surface area (Å²) in [6, 6.07) is 0. The molecule has 0 aromatic carbocycles. The zero-order valence-corrected chi connectivity index (χ0v) is 14.0. The molecule has 0 amide bonds. The van der Waals surface area contributed by atoms with Crippen molar-refractivity contribution in [1.82, 2.24) is 0 Å². The first kappa shape index (κ1) is 18.3. The Balaban J connectivity index is -0.0000000740. The van der Waals surface area contributed by atoms with Crippen LogP contribution in [0.25, 0.3) is 0 Å². The molecule has 0 unspecified atom stereocenters. The standard InChI is InChI=1S/C6H18Si2.K.N2.H/c1-7(2,3)8(4,5)6;;1-2;/h1-6H3;;;/q;+1;;-1. The van der Waals surface area contributed by atoms with Gasteiger partial charge in [0.2, 0.25) is 0 Å².